The van der Waals surface area contributed by atoms with Crippen LogP contribution in [0, 0.1) is 23.2 Å². The van der Waals surface area contributed by atoms with Crippen molar-refractivity contribution in [1.82, 2.24) is 0 Å². The summed E-state index contributed by atoms with van der Waals surface area (Å²) in [5, 5.41) is 22.3. The predicted molar refractivity (Wildman–Crippen MR) is 124 cm³/mol. The predicted octanol–water partition coefficient (Wildman–Crippen LogP) is 0.602. The number of aliphatic hydroxyl groups excluding tert-OH is 1. The third-order valence-electron chi connectivity index (χ3n) is 8.33. The van der Waals surface area contributed by atoms with Crippen molar-refractivity contribution in [2.75, 3.05) is 6.61 Å². The summed E-state index contributed by atoms with van der Waals surface area (Å²) in [5.41, 5.74) is -2.90. The van der Waals surface area contributed by atoms with Crippen LogP contribution < -0.4 is 0 Å². The van der Waals surface area contributed by atoms with E-state index in [1.807, 2.05) is 0 Å². The first-order valence-corrected chi connectivity index (χ1v) is 12.4. The van der Waals surface area contributed by atoms with Gasteiger partial charge in [-0.2, -0.15) is 0 Å². The van der Waals surface area contributed by atoms with Gasteiger partial charge in [0.2, 0.25) is 0 Å². The maximum Gasteiger partial charge on any atom is 0.312 e. The van der Waals surface area contributed by atoms with Crippen LogP contribution in [0.5, 0.6) is 0 Å². The van der Waals surface area contributed by atoms with Crippen molar-refractivity contribution in [3.05, 3.63) is 23.8 Å². The Balaban J connectivity index is 1.99. The molecule has 2 heterocycles. The molecular weight excluding hydrogens is 488 g/mol. The molecule has 2 N–H and O–H groups in total. The van der Waals surface area contributed by atoms with Crippen LogP contribution in [0.2, 0.25) is 0 Å². The second-order valence-electron chi connectivity index (χ2n) is 10.6. The molecule has 4 aliphatic rings. The lowest BCUT2D eigenvalue weighted by molar-refractivity contribution is -0.218. The van der Waals surface area contributed by atoms with E-state index in [1.54, 1.807) is 26.0 Å². The van der Waals surface area contributed by atoms with Gasteiger partial charge < -0.3 is 33.9 Å². The summed E-state index contributed by atoms with van der Waals surface area (Å²) in [4.78, 5) is 49.4. The third kappa shape index (κ3) is 4.36. The molecule has 0 aromatic carbocycles. The molecule has 11 atom stereocenters. The first kappa shape index (κ1) is 27.3. The summed E-state index contributed by atoms with van der Waals surface area (Å²) >= 11 is 0. The van der Waals surface area contributed by atoms with Gasteiger partial charge in [0.15, 0.2) is 11.7 Å². The third-order valence-corrected chi connectivity index (χ3v) is 8.33. The van der Waals surface area contributed by atoms with Crippen molar-refractivity contribution in [3.63, 3.8) is 0 Å². The molecule has 2 aliphatic heterocycles. The van der Waals surface area contributed by atoms with Gasteiger partial charge in [0.05, 0.1) is 18.6 Å². The van der Waals surface area contributed by atoms with Gasteiger partial charge in [0.25, 0.3) is 0 Å². The minimum absolute atomic E-state index is 0.293. The molecule has 37 heavy (non-hydrogen) atoms. The lowest BCUT2D eigenvalue weighted by Gasteiger charge is -2.53. The summed E-state index contributed by atoms with van der Waals surface area (Å²) in [6, 6.07) is 0. The Kier molecular flexibility index (Phi) is 7.02. The zero-order valence-electron chi connectivity index (χ0n) is 21.7. The fraction of sp³-hybridized carbons (Fsp3) is 0.692. The van der Waals surface area contributed by atoms with Crippen LogP contribution >= 0.6 is 0 Å². The van der Waals surface area contributed by atoms with Gasteiger partial charge in [0.1, 0.15) is 24.4 Å². The van der Waals surface area contributed by atoms with E-state index in [1.165, 1.54) is 33.8 Å². The molecule has 0 radical (unpaired) electrons. The van der Waals surface area contributed by atoms with Gasteiger partial charge in [0, 0.05) is 38.0 Å². The van der Waals surface area contributed by atoms with E-state index in [0.29, 0.717) is 5.57 Å². The monoisotopic (exact) mass is 522 g/mol. The quantitative estimate of drug-likeness (QED) is 0.303. The average Bonchev–Trinajstić information content (AvgIpc) is 3.58. The molecule has 4 rings (SSSR count). The van der Waals surface area contributed by atoms with Crippen LogP contribution in [0.3, 0.4) is 0 Å². The van der Waals surface area contributed by atoms with Crippen LogP contribution in [0.15, 0.2) is 23.8 Å². The van der Waals surface area contributed by atoms with Crippen LogP contribution in [-0.4, -0.2) is 82.9 Å². The minimum atomic E-state index is -2.07. The van der Waals surface area contributed by atoms with Crippen LogP contribution in [0.1, 0.15) is 41.5 Å². The number of aliphatic hydroxyl groups is 2. The molecule has 3 fully saturated rings. The number of esters is 4. The van der Waals surface area contributed by atoms with Crippen molar-refractivity contribution >= 4 is 23.9 Å². The zero-order valence-corrected chi connectivity index (χ0v) is 21.7. The number of hydrogen-bond acceptors (Lipinski definition) is 11. The van der Waals surface area contributed by atoms with Crippen molar-refractivity contribution in [2.24, 2.45) is 23.2 Å². The van der Waals surface area contributed by atoms with Gasteiger partial charge in [-0.1, -0.05) is 19.9 Å². The maximum absolute atomic E-state index is 12.8. The largest absolute Gasteiger partial charge is 0.459 e. The van der Waals surface area contributed by atoms with Gasteiger partial charge in [-0.25, -0.2) is 0 Å². The molecule has 1 unspecified atom stereocenters. The summed E-state index contributed by atoms with van der Waals surface area (Å²) in [6.07, 6.45) is -0.933. The molecule has 11 nitrogen and oxygen atoms in total. The van der Waals surface area contributed by atoms with Gasteiger partial charge >= 0.3 is 23.9 Å². The second kappa shape index (κ2) is 9.52. The molecule has 204 valence electrons. The minimum Gasteiger partial charge on any atom is -0.459 e. The summed E-state index contributed by atoms with van der Waals surface area (Å²) < 4.78 is 28.8. The fourth-order valence-corrected chi connectivity index (χ4v) is 6.54. The smallest absolute Gasteiger partial charge is 0.312 e. The van der Waals surface area contributed by atoms with E-state index in [4.69, 9.17) is 23.7 Å². The van der Waals surface area contributed by atoms with Gasteiger partial charge in [-0.05, 0) is 24.6 Å². The number of hydrogen-bond donors (Lipinski definition) is 2. The standard InChI is InChI=1S/C26H34O11/c1-11-19-22(35-15(5)30)26(32)12(2)24(31)36-18(26)9-16(10-27)7-8-17(33-13(3)28)25(19,6)23-21(37-23)20(11)34-14(4)29/h7-9,11-12,17-23,27,32H,10H2,1-6H3/b8-7+,16-9+/t11-,12+,17+,18+,19-,20-,21+,22?,23+,25-,26+/m1/s1. The number of rotatable bonds is 4. The topological polar surface area (TPSA) is 158 Å². The molecule has 0 bridgehead atoms. The molecule has 0 spiro atoms. The molecule has 11 heteroatoms. The van der Waals surface area contributed by atoms with E-state index in [-0.39, 0.29) is 0 Å². The van der Waals surface area contributed by atoms with Crippen LogP contribution in [-0.2, 0) is 42.9 Å². The number of carbonyl (C=O) groups is 4. The zero-order chi connectivity index (χ0) is 27.4. The van der Waals surface area contributed by atoms with Crippen molar-refractivity contribution in [2.45, 2.75) is 83.8 Å². The summed E-state index contributed by atoms with van der Waals surface area (Å²) in [5.74, 6) is -5.09. The Morgan fingerprint density at radius 1 is 1.05 bits per heavy atom. The van der Waals surface area contributed by atoms with Gasteiger partial charge in [-0.3, -0.25) is 19.2 Å². The molecular formula is C26H34O11. The SMILES string of the molecule is CC(=O)OC1[C@H]2[C@@H](C)[C@@H](OC(C)=O)[C@@H]3O[C@@H]3[C@]2(C)[C@@H](OC(C)=O)/C=C/C(CO)=C\[C@@H]2OC(=O)[C@H](C)[C@@]12O. The van der Waals surface area contributed by atoms with Crippen molar-refractivity contribution in [3.8, 4) is 0 Å². The van der Waals surface area contributed by atoms with E-state index >= 15 is 0 Å². The molecule has 0 aromatic rings. The normalized spacial score (nSPS) is 46.5. The fourth-order valence-electron chi connectivity index (χ4n) is 6.54. The Morgan fingerprint density at radius 2 is 1.68 bits per heavy atom. The number of carbonyl (C=O) groups excluding carboxylic acids is 4. The molecule has 1 saturated carbocycles. The van der Waals surface area contributed by atoms with E-state index < -0.39 is 95.9 Å². The average molecular weight is 523 g/mol. The Labute approximate surface area is 214 Å². The van der Waals surface area contributed by atoms with Crippen LogP contribution in [0.4, 0.5) is 0 Å². The summed E-state index contributed by atoms with van der Waals surface area (Å²) in [7, 11) is 0. The molecule has 0 amide bonds. The van der Waals surface area contributed by atoms with Crippen molar-refractivity contribution in [1.29, 1.82) is 0 Å². The highest BCUT2D eigenvalue weighted by atomic mass is 16.6. The Bertz CT molecular complexity index is 1050. The molecule has 2 aliphatic carbocycles. The second-order valence-corrected chi connectivity index (χ2v) is 10.6. The van der Waals surface area contributed by atoms with E-state index in [0.717, 1.165) is 0 Å². The van der Waals surface area contributed by atoms with Crippen LogP contribution in [0.25, 0.3) is 0 Å². The highest BCUT2D eigenvalue weighted by molar-refractivity contribution is 5.78. The number of epoxide rings is 1. The first-order valence-electron chi connectivity index (χ1n) is 12.4. The lowest BCUT2D eigenvalue weighted by atomic mass is 9.54. The maximum atomic E-state index is 12.8. The van der Waals surface area contributed by atoms with Crippen molar-refractivity contribution < 1.29 is 53.1 Å². The summed E-state index contributed by atoms with van der Waals surface area (Å²) in [6.45, 7) is 8.29. The van der Waals surface area contributed by atoms with Gasteiger partial charge in [-0.15, -0.1) is 0 Å². The highest BCUT2D eigenvalue weighted by Gasteiger charge is 2.74. The highest BCUT2D eigenvalue weighted by Crippen LogP contribution is 2.61. The Hall–Kier alpha value is -2.76. The molecule has 2 saturated heterocycles. The lowest BCUT2D eigenvalue weighted by Crippen LogP contribution is -2.67. The number of ether oxygens (including phenoxy) is 5. The first-order chi connectivity index (χ1) is 17.3. The van der Waals surface area contributed by atoms with E-state index in [2.05, 4.69) is 0 Å². The molecule has 0 aromatic heterocycles. The Morgan fingerprint density at radius 3 is 2.24 bits per heavy atom. The van der Waals surface area contributed by atoms with E-state index in [9.17, 15) is 29.4 Å². The number of fused-ring (bicyclic) bond motifs is 4.